The molecule has 0 aromatic carbocycles. The Morgan fingerprint density at radius 1 is 1.31 bits per heavy atom. The van der Waals surface area contributed by atoms with Gasteiger partial charge in [0.25, 0.3) is 0 Å². The predicted octanol–water partition coefficient (Wildman–Crippen LogP) is 1.71. The predicted molar refractivity (Wildman–Crippen MR) is 63.4 cm³/mol. The van der Waals surface area contributed by atoms with E-state index in [1.165, 1.54) is 19.1 Å². The van der Waals surface area contributed by atoms with Gasteiger partial charge in [0, 0.05) is 25.0 Å². The Morgan fingerprint density at radius 2 is 1.94 bits per heavy atom. The van der Waals surface area contributed by atoms with E-state index >= 15 is 0 Å². The van der Waals surface area contributed by atoms with E-state index in [1.54, 1.807) is 0 Å². The van der Waals surface area contributed by atoms with Crippen LogP contribution in [0, 0.1) is 11.3 Å². The Bertz CT molecular complexity index is 228. The first-order valence-corrected chi connectivity index (χ1v) is 6.50. The number of carbonyl (C=O) groups excluding carboxylic acids is 1. The van der Waals surface area contributed by atoms with Gasteiger partial charge in [-0.25, -0.2) is 0 Å². The Morgan fingerprint density at radius 3 is 2.50 bits per heavy atom. The first kappa shape index (κ1) is 12.1. The molecule has 2 aliphatic rings. The van der Waals surface area contributed by atoms with Crippen molar-refractivity contribution < 1.29 is 9.53 Å². The summed E-state index contributed by atoms with van der Waals surface area (Å²) < 4.78 is 5.34. The molecule has 0 aromatic rings. The summed E-state index contributed by atoms with van der Waals surface area (Å²) in [5, 5.41) is 0. The van der Waals surface area contributed by atoms with Gasteiger partial charge in [-0.15, -0.1) is 0 Å². The lowest BCUT2D eigenvalue weighted by molar-refractivity contribution is -0.120. The lowest BCUT2D eigenvalue weighted by Crippen LogP contribution is -2.45. The van der Waals surface area contributed by atoms with Crippen molar-refractivity contribution in [3.63, 3.8) is 0 Å². The van der Waals surface area contributed by atoms with E-state index < -0.39 is 0 Å². The third-order valence-electron chi connectivity index (χ3n) is 4.16. The highest BCUT2D eigenvalue weighted by molar-refractivity contribution is 5.60. The van der Waals surface area contributed by atoms with E-state index in [4.69, 9.17) is 4.74 Å². The molecule has 1 saturated heterocycles. The highest BCUT2D eigenvalue weighted by atomic mass is 16.5. The fraction of sp³-hybridized carbons (Fsp3) is 0.923. The largest absolute Gasteiger partial charge is 0.379 e. The van der Waals surface area contributed by atoms with Crippen LogP contribution in [-0.4, -0.2) is 44.0 Å². The first-order valence-electron chi connectivity index (χ1n) is 6.50. The van der Waals surface area contributed by atoms with Crippen LogP contribution in [0.25, 0.3) is 0 Å². The molecule has 1 aliphatic carbocycles. The zero-order chi connectivity index (χ0) is 11.4. The summed E-state index contributed by atoms with van der Waals surface area (Å²) in [5.41, 5.74) is -0.0517. The third kappa shape index (κ3) is 2.83. The molecule has 0 radical (unpaired) electrons. The lowest BCUT2D eigenvalue weighted by Gasteiger charge is -2.39. The van der Waals surface area contributed by atoms with E-state index in [1.807, 2.05) is 0 Å². The van der Waals surface area contributed by atoms with E-state index in [0.29, 0.717) is 0 Å². The topological polar surface area (TPSA) is 29.5 Å². The monoisotopic (exact) mass is 225 g/mol. The van der Waals surface area contributed by atoms with Gasteiger partial charge in [-0.3, -0.25) is 4.90 Å². The van der Waals surface area contributed by atoms with Crippen molar-refractivity contribution in [2.45, 2.75) is 32.6 Å². The van der Waals surface area contributed by atoms with Gasteiger partial charge in [-0.2, -0.15) is 0 Å². The maximum absolute atomic E-state index is 11.4. The Labute approximate surface area is 98.1 Å². The van der Waals surface area contributed by atoms with Crippen LogP contribution in [0.2, 0.25) is 0 Å². The summed E-state index contributed by atoms with van der Waals surface area (Å²) in [4.78, 5) is 13.8. The van der Waals surface area contributed by atoms with Crippen LogP contribution < -0.4 is 0 Å². The van der Waals surface area contributed by atoms with Gasteiger partial charge in [0.1, 0.15) is 6.29 Å². The average molecular weight is 225 g/mol. The Kier molecular flexibility index (Phi) is 3.98. The van der Waals surface area contributed by atoms with Crippen molar-refractivity contribution in [1.82, 2.24) is 4.90 Å². The van der Waals surface area contributed by atoms with E-state index in [0.717, 1.165) is 51.6 Å². The standard InChI is InChI=1S/C13H23NO2/c1-12-2-4-13(11-15,5-3-12)10-14-6-8-16-9-7-14/h11-12H,2-10H2,1H3. The maximum atomic E-state index is 11.4. The van der Waals surface area contributed by atoms with Crippen LogP contribution in [0.15, 0.2) is 0 Å². The van der Waals surface area contributed by atoms with Gasteiger partial charge >= 0.3 is 0 Å². The molecule has 0 atom stereocenters. The van der Waals surface area contributed by atoms with Crippen LogP contribution in [0.3, 0.4) is 0 Å². The smallest absolute Gasteiger partial charge is 0.127 e. The molecule has 2 rings (SSSR count). The molecular formula is C13H23NO2. The van der Waals surface area contributed by atoms with Crippen molar-refractivity contribution in [2.75, 3.05) is 32.8 Å². The van der Waals surface area contributed by atoms with Gasteiger partial charge in [0.2, 0.25) is 0 Å². The van der Waals surface area contributed by atoms with Crippen LogP contribution in [-0.2, 0) is 9.53 Å². The third-order valence-corrected chi connectivity index (χ3v) is 4.16. The molecule has 0 bridgehead atoms. The van der Waals surface area contributed by atoms with Gasteiger partial charge < -0.3 is 9.53 Å². The molecule has 0 aromatic heterocycles. The number of ether oxygens (including phenoxy) is 1. The second-order valence-electron chi connectivity index (χ2n) is 5.55. The van der Waals surface area contributed by atoms with E-state index in [2.05, 4.69) is 11.8 Å². The number of aldehydes is 1. The van der Waals surface area contributed by atoms with Gasteiger partial charge in [-0.1, -0.05) is 6.92 Å². The number of rotatable bonds is 3. The number of hydrogen-bond acceptors (Lipinski definition) is 3. The average Bonchev–Trinajstić information content (AvgIpc) is 2.34. The van der Waals surface area contributed by atoms with E-state index in [9.17, 15) is 4.79 Å². The number of nitrogens with zero attached hydrogens (tertiary/aromatic N) is 1. The van der Waals surface area contributed by atoms with Gasteiger partial charge in [0.05, 0.1) is 13.2 Å². The fourth-order valence-electron chi connectivity index (χ4n) is 2.85. The quantitative estimate of drug-likeness (QED) is 0.685. The SMILES string of the molecule is CC1CCC(C=O)(CN2CCOCC2)CC1. The minimum Gasteiger partial charge on any atom is -0.379 e. The van der Waals surface area contributed by atoms with Crippen molar-refractivity contribution in [1.29, 1.82) is 0 Å². The molecule has 2 fully saturated rings. The fourth-order valence-corrected chi connectivity index (χ4v) is 2.85. The van der Waals surface area contributed by atoms with Crippen LogP contribution in [0.1, 0.15) is 32.6 Å². The highest BCUT2D eigenvalue weighted by Gasteiger charge is 2.35. The summed E-state index contributed by atoms with van der Waals surface area (Å²) >= 11 is 0. The van der Waals surface area contributed by atoms with Crippen molar-refractivity contribution in [3.8, 4) is 0 Å². The van der Waals surface area contributed by atoms with Crippen molar-refractivity contribution in [2.24, 2.45) is 11.3 Å². The zero-order valence-electron chi connectivity index (χ0n) is 10.3. The number of carbonyl (C=O) groups is 1. The van der Waals surface area contributed by atoms with Crippen molar-refractivity contribution in [3.05, 3.63) is 0 Å². The molecule has 1 heterocycles. The molecular weight excluding hydrogens is 202 g/mol. The Hall–Kier alpha value is -0.410. The lowest BCUT2D eigenvalue weighted by atomic mass is 9.71. The minimum atomic E-state index is -0.0517. The van der Waals surface area contributed by atoms with Crippen molar-refractivity contribution >= 4 is 6.29 Å². The molecule has 0 amide bonds. The molecule has 1 aliphatic heterocycles. The van der Waals surface area contributed by atoms with Gasteiger partial charge in [0.15, 0.2) is 0 Å². The Balaban J connectivity index is 1.90. The normalized spacial score (nSPS) is 37.2. The zero-order valence-corrected chi connectivity index (χ0v) is 10.3. The molecule has 16 heavy (non-hydrogen) atoms. The van der Waals surface area contributed by atoms with Gasteiger partial charge in [-0.05, 0) is 31.6 Å². The highest BCUT2D eigenvalue weighted by Crippen LogP contribution is 2.37. The summed E-state index contributed by atoms with van der Waals surface area (Å²) in [5.74, 6) is 0.803. The second kappa shape index (κ2) is 5.28. The van der Waals surface area contributed by atoms with E-state index in [-0.39, 0.29) is 5.41 Å². The van der Waals surface area contributed by atoms with Crippen LogP contribution in [0.5, 0.6) is 0 Å². The summed E-state index contributed by atoms with van der Waals surface area (Å²) in [6.45, 7) is 6.88. The van der Waals surface area contributed by atoms with Crippen LogP contribution >= 0.6 is 0 Å². The molecule has 3 heteroatoms. The molecule has 92 valence electrons. The molecule has 0 spiro atoms. The molecule has 0 unspecified atom stereocenters. The number of hydrogen-bond donors (Lipinski definition) is 0. The summed E-state index contributed by atoms with van der Waals surface area (Å²) in [6, 6.07) is 0. The second-order valence-corrected chi connectivity index (χ2v) is 5.55. The van der Waals surface area contributed by atoms with Crippen LogP contribution in [0.4, 0.5) is 0 Å². The minimum absolute atomic E-state index is 0.0517. The first-order chi connectivity index (χ1) is 7.74. The molecule has 0 N–H and O–H groups in total. The maximum Gasteiger partial charge on any atom is 0.127 e. The number of morpholine rings is 1. The summed E-state index contributed by atoms with van der Waals surface area (Å²) in [7, 11) is 0. The molecule has 3 nitrogen and oxygen atoms in total. The summed E-state index contributed by atoms with van der Waals surface area (Å²) in [6.07, 6.45) is 5.81. The molecule has 1 saturated carbocycles.